The van der Waals surface area contributed by atoms with Gasteiger partial charge in [0.2, 0.25) is 0 Å². The van der Waals surface area contributed by atoms with Crippen LogP contribution in [0.1, 0.15) is 46.5 Å². The second-order valence-electron chi connectivity index (χ2n) is 8.06. The van der Waals surface area contributed by atoms with Crippen molar-refractivity contribution in [3.8, 4) is 0 Å². The number of nitrogens with zero attached hydrogens (tertiary/aromatic N) is 1. The van der Waals surface area contributed by atoms with E-state index < -0.39 is 0 Å². The largest absolute Gasteiger partial charge is 0.394 e. The van der Waals surface area contributed by atoms with Crippen LogP contribution >= 0.6 is 0 Å². The molecule has 1 unspecified atom stereocenters. The summed E-state index contributed by atoms with van der Waals surface area (Å²) in [5.74, 6) is 0.876. The highest BCUT2D eigenvalue weighted by Gasteiger charge is 2.39. The van der Waals surface area contributed by atoms with Crippen LogP contribution in [0.15, 0.2) is 0 Å². The van der Waals surface area contributed by atoms with Crippen molar-refractivity contribution in [2.24, 2.45) is 11.3 Å². The van der Waals surface area contributed by atoms with Gasteiger partial charge in [-0.05, 0) is 45.1 Å². The summed E-state index contributed by atoms with van der Waals surface area (Å²) in [5.41, 5.74) is 0.239. The highest BCUT2D eigenvalue weighted by molar-refractivity contribution is 4.92. The maximum absolute atomic E-state index is 9.49. The van der Waals surface area contributed by atoms with Gasteiger partial charge in [0.15, 0.2) is 0 Å². The number of morpholine rings is 1. The van der Waals surface area contributed by atoms with Gasteiger partial charge in [-0.15, -0.1) is 0 Å². The minimum atomic E-state index is -0.158. The lowest BCUT2D eigenvalue weighted by Gasteiger charge is -2.48. The Balaban J connectivity index is 2.02. The van der Waals surface area contributed by atoms with E-state index in [1.807, 2.05) is 0 Å². The summed E-state index contributed by atoms with van der Waals surface area (Å²) in [4.78, 5) is 2.53. The first-order valence-electron chi connectivity index (χ1n) is 8.54. The van der Waals surface area contributed by atoms with Crippen molar-refractivity contribution in [2.45, 2.75) is 58.2 Å². The van der Waals surface area contributed by atoms with Crippen molar-refractivity contribution in [2.75, 3.05) is 39.8 Å². The first-order valence-corrected chi connectivity index (χ1v) is 8.54. The molecule has 2 N–H and O–H groups in total. The lowest BCUT2D eigenvalue weighted by molar-refractivity contribution is -0.155. The zero-order valence-electron chi connectivity index (χ0n) is 14.3. The molecule has 2 aliphatic rings. The maximum atomic E-state index is 9.49. The molecule has 1 heterocycles. The topological polar surface area (TPSA) is 44.7 Å². The Kier molecular flexibility index (Phi) is 5.69. The second-order valence-corrected chi connectivity index (χ2v) is 8.06. The minimum Gasteiger partial charge on any atom is -0.394 e. The molecule has 0 radical (unpaired) electrons. The van der Waals surface area contributed by atoms with Crippen molar-refractivity contribution in [1.29, 1.82) is 0 Å². The van der Waals surface area contributed by atoms with Gasteiger partial charge in [-0.3, -0.25) is 4.90 Å². The lowest BCUT2D eigenvalue weighted by Crippen LogP contribution is -2.57. The average Bonchev–Trinajstić information content (AvgIpc) is 2.41. The van der Waals surface area contributed by atoms with Crippen LogP contribution in [0.5, 0.6) is 0 Å². The second kappa shape index (κ2) is 6.95. The molecule has 1 saturated heterocycles. The Hall–Kier alpha value is -0.160. The molecule has 0 aromatic heterocycles. The van der Waals surface area contributed by atoms with Gasteiger partial charge in [-0.2, -0.15) is 0 Å². The Morgan fingerprint density at radius 3 is 2.52 bits per heavy atom. The molecule has 2 fully saturated rings. The van der Waals surface area contributed by atoms with Crippen molar-refractivity contribution in [3.05, 3.63) is 0 Å². The third-order valence-electron chi connectivity index (χ3n) is 5.20. The molecule has 0 bridgehead atoms. The van der Waals surface area contributed by atoms with Crippen LogP contribution in [0, 0.1) is 11.3 Å². The van der Waals surface area contributed by atoms with Crippen LogP contribution in [-0.4, -0.2) is 61.5 Å². The van der Waals surface area contributed by atoms with Gasteiger partial charge in [-0.1, -0.05) is 19.8 Å². The lowest BCUT2D eigenvalue weighted by atomic mass is 9.70. The first kappa shape index (κ1) is 17.2. The van der Waals surface area contributed by atoms with E-state index in [0.29, 0.717) is 5.41 Å². The Morgan fingerprint density at radius 2 is 1.95 bits per heavy atom. The van der Waals surface area contributed by atoms with E-state index in [4.69, 9.17) is 4.74 Å². The fourth-order valence-electron chi connectivity index (χ4n) is 4.25. The normalized spacial score (nSPS) is 37.6. The quantitative estimate of drug-likeness (QED) is 0.813. The standard InChI is InChI=1S/C17H34N2O2/c1-14-5-7-17(8-6-14,11-18-4)13-19-9-15(10-20)21-16(2,3)12-19/h14-15,18,20H,5-13H2,1-4H3. The number of aliphatic hydroxyl groups is 1. The van der Waals surface area contributed by atoms with Crippen molar-refractivity contribution < 1.29 is 9.84 Å². The maximum Gasteiger partial charge on any atom is 0.0940 e. The summed E-state index contributed by atoms with van der Waals surface area (Å²) < 4.78 is 5.95. The molecule has 4 heteroatoms. The third-order valence-corrected chi connectivity index (χ3v) is 5.20. The van der Waals surface area contributed by atoms with E-state index in [1.54, 1.807) is 0 Å². The highest BCUT2D eigenvalue weighted by atomic mass is 16.5. The molecule has 4 nitrogen and oxygen atoms in total. The van der Waals surface area contributed by atoms with E-state index in [9.17, 15) is 5.11 Å². The van der Waals surface area contributed by atoms with Crippen LogP contribution in [0.2, 0.25) is 0 Å². The Bertz CT molecular complexity index is 325. The number of aliphatic hydroxyl groups excluding tert-OH is 1. The molecule has 1 aliphatic carbocycles. The predicted molar refractivity (Wildman–Crippen MR) is 86.5 cm³/mol. The smallest absolute Gasteiger partial charge is 0.0940 e. The van der Waals surface area contributed by atoms with Gasteiger partial charge in [-0.25, -0.2) is 0 Å². The molecular formula is C17H34N2O2. The fourth-order valence-corrected chi connectivity index (χ4v) is 4.25. The van der Waals surface area contributed by atoms with Crippen LogP contribution in [0.4, 0.5) is 0 Å². The molecule has 21 heavy (non-hydrogen) atoms. The SMILES string of the molecule is CNCC1(CN2CC(CO)OC(C)(C)C2)CCC(C)CC1. The van der Waals surface area contributed by atoms with Crippen LogP contribution in [0.25, 0.3) is 0 Å². The van der Waals surface area contributed by atoms with E-state index in [2.05, 4.69) is 38.0 Å². The van der Waals surface area contributed by atoms with Gasteiger partial charge < -0.3 is 15.2 Å². The van der Waals surface area contributed by atoms with E-state index in [1.165, 1.54) is 25.7 Å². The molecule has 0 spiro atoms. The van der Waals surface area contributed by atoms with Crippen LogP contribution < -0.4 is 5.32 Å². The molecule has 0 aromatic rings. The van der Waals surface area contributed by atoms with Crippen LogP contribution in [0.3, 0.4) is 0 Å². The van der Waals surface area contributed by atoms with Gasteiger partial charge in [0, 0.05) is 26.2 Å². The molecular weight excluding hydrogens is 264 g/mol. The monoisotopic (exact) mass is 298 g/mol. The molecule has 0 aromatic carbocycles. The third kappa shape index (κ3) is 4.65. The molecule has 0 amide bonds. The van der Waals surface area contributed by atoms with Crippen molar-refractivity contribution >= 4 is 0 Å². The summed E-state index contributed by atoms with van der Waals surface area (Å²) in [6.07, 6.45) is 5.29. The number of nitrogens with one attached hydrogen (secondary N) is 1. The number of rotatable bonds is 5. The molecule has 1 aliphatic heterocycles. The zero-order chi connectivity index (χ0) is 15.5. The van der Waals surface area contributed by atoms with E-state index in [0.717, 1.165) is 32.1 Å². The first-order chi connectivity index (χ1) is 9.88. The van der Waals surface area contributed by atoms with Crippen molar-refractivity contribution in [1.82, 2.24) is 10.2 Å². The summed E-state index contributed by atoms with van der Waals surface area (Å²) in [5, 5.41) is 12.9. The van der Waals surface area contributed by atoms with Crippen LogP contribution in [-0.2, 0) is 4.74 Å². The molecule has 1 atom stereocenters. The van der Waals surface area contributed by atoms with Gasteiger partial charge in [0.25, 0.3) is 0 Å². The summed E-state index contributed by atoms with van der Waals surface area (Å²) in [6, 6.07) is 0. The zero-order valence-corrected chi connectivity index (χ0v) is 14.3. The molecule has 124 valence electrons. The van der Waals surface area contributed by atoms with Gasteiger partial charge in [0.1, 0.15) is 0 Å². The Labute approximate surface area is 130 Å². The Morgan fingerprint density at radius 1 is 1.29 bits per heavy atom. The fraction of sp³-hybridized carbons (Fsp3) is 1.00. The van der Waals surface area contributed by atoms with Gasteiger partial charge >= 0.3 is 0 Å². The molecule has 2 rings (SSSR count). The summed E-state index contributed by atoms with van der Waals surface area (Å²) in [7, 11) is 2.07. The minimum absolute atomic E-state index is 0.0390. The molecule has 1 saturated carbocycles. The number of hydrogen-bond donors (Lipinski definition) is 2. The summed E-state index contributed by atoms with van der Waals surface area (Å²) >= 11 is 0. The predicted octanol–water partition coefficient (Wildman–Crippen LogP) is 1.87. The van der Waals surface area contributed by atoms with E-state index >= 15 is 0 Å². The average molecular weight is 298 g/mol. The number of ether oxygens (including phenoxy) is 1. The number of hydrogen-bond acceptors (Lipinski definition) is 4. The highest BCUT2D eigenvalue weighted by Crippen LogP contribution is 2.40. The van der Waals surface area contributed by atoms with E-state index in [-0.39, 0.29) is 18.3 Å². The van der Waals surface area contributed by atoms with Crippen molar-refractivity contribution in [3.63, 3.8) is 0 Å². The summed E-state index contributed by atoms with van der Waals surface area (Å²) in [6.45, 7) is 10.8. The van der Waals surface area contributed by atoms with Gasteiger partial charge in [0.05, 0.1) is 18.3 Å².